The van der Waals surface area contributed by atoms with Crippen molar-refractivity contribution in [3.05, 3.63) is 12.2 Å². The van der Waals surface area contributed by atoms with E-state index in [1.807, 2.05) is 0 Å². The maximum atomic E-state index is 13.7. The number of allylic oxidation sites excluding steroid dienone is 1. The maximum Gasteiger partial charge on any atom is 0.192 e. The van der Waals surface area contributed by atoms with Crippen LogP contribution in [0.2, 0.25) is 36.3 Å². The minimum Gasteiger partial charge on any atom is -0.416 e. The molecule has 0 amide bonds. The molecule has 0 radical (unpaired) electrons. The second kappa shape index (κ2) is 8.52. The molecule has 0 aliphatic heterocycles. The SMILES string of the molecule is C=C(C)C[C@H]1CC(=O)[C@@]2(CO[Si](C)(C)C(C)(C)C)CCC[C@@]12CO[Si](C)(C)C(C)(C)C. The van der Waals surface area contributed by atoms with E-state index in [1.54, 1.807) is 0 Å². The van der Waals surface area contributed by atoms with E-state index in [4.69, 9.17) is 8.85 Å². The number of carbonyl (C=O) groups is 1. The molecule has 2 aliphatic carbocycles. The second-order valence-electron chi connectivity index (χ2n) is 13.7. The molecule has 2 saturated carbocycles. The van der Waals surface area contributed by atoms with Gasteiger partial charge in [-0.3, -0.25) is 4.79 Å². The van der Waals surface area contributed by atoms with Gasteiger partial charge in [0.2, 0.25) is 0 Å². The summed E-state index contributed by atoms with van der Waals surface area (Å²) in [5.74, 6) is 0.751. The number of hydrogen-bond donors (Lipinski definition) is 0. The van der Waals surface area contributed by atoms with Crippen LogP contribution in [0.5, 0.6) is 0 Å². The van der Waals surface area contributed by atoms with Crippen molar-refractivity contribution < 1.29 is 13.6 Å². The molecule has 0 bridgehead atoms. The van der Waals surface area contributed by atoms with Gasteiger partial charge >= 0.3 is 0 Å². The largest absolute Gasteiger partial charge is 0.416 e. The molecule has 3 atom stereocenters. The molecule has 3 nitrogen and oxygen atoms in total. The standard InChI is InChI=1S/C26H50O3Si2/c1-20(2)16-21-17-22(27)26(19-29-31(11,12)24(6,7)8)15-13-14-25(21,26)18-28-30(9,10)23(3,4)5/h21H,1,13-19H2,2-12H3/t21-,25+,26-/m0/s1. The van der Waals surface area contributed by atoms with E-state index in [2.05, 4.69) is 81.2 Å². The number of hydrogen-bond acceptors (Lipinski definition) is 3. The van der Waals surface area contributed by atoms with Crippen molar-refractivity contribution in [1.29, 1.82) is 0 Å². The topological polar surface area (TPSA) is 35.5 Å². The Balaban J connectivity index is 2.43. The first-order valence-corrected chi connectivity index (χ1v) is 18.1. The Morgan fingerprint density at radius 1 is 0.968 bits per heavy atom. The van der Waals surface area contributed by atoms with Crippen LogP contribution in [-0.2, 0) is 13.6 Å². The van der Waals surface area contributed by atoms with Gasteiger partial charge in [-0.25, -0.2) is 0 Å². The van der Waals surface area contributed by atoms with Gasteiger partial charge in [0.1, 0.15) is 5.78 Å². The average molecular weight is 467 g/mol. The number of ketones is 1. The number of rotatable bonds is 8. The molecule has 5 heteroatoms. The summed E-state index contributed by atoms with van der Waals surface area (Å²) in [4.78, 5) is 13.7. The smallest absolute Gasteiger partial charge is 0.192 e. The lowest BCUT2D eigenvalue weighted by Crippen LogP contribution is -2.53. The molecule has 2 fully saturated rings. The molecular weight excluding hydrogens is 416 g/mol. The minimum absolute atomic E-state index is 0.110. The lowest BCUT2D eigenvalue weighted by atomic mass is 9.64. The van der Waals surface area contributed by atoms with E-state index in [9.17, 15) is 4.79 Å². The van der Waals surface area contributed by atoms with Gasteiger partial charge in [-0.1, -0.05) is 53.5 Å². The predicted molar refractivity (Wildman–Crippen MR) is 138 cm³/mol. The Labute approximate surface area is 195 Å². The molecule has 0 spiro atoms. The fraction of sp³-hybridized carbons (Fsp3) is 0.885. The van der Waals surface area contributed by atoms with E-state index in [0.717, 1.165) is 25.7 Å². The molecule has 180 valence electrons. The highest BCUT2D eigenvalue weighted by molar-refractivity contribution is 6.74. The van der Waals surface area contributed by atoms with E-state index >= 15 is 0 Å². The molecule has 0 N–H and O–H groups in total. The minimum atomic E-state index is -1.95. The fourth-order valence-electron chi connectivity index (χ4n) is 5.18. The van der Waals surface area contributed by atoms with Crippen LogP contribution < -0.4 is 0 Å². The normalized spacial score (nSPS) is 30.0. The van der Waals surface area contributed by atoms with Crippen LogP contribution in [-0.4, -0.2) is 35.6 Å². The van der Waals surface area contributed by atoms with E-state index in [0.29, 0.717) is 31.3 Å². The van der Waals surface area contributed by atoms with E-state index in [1.165, 1.54) is 5.57 Å². The van der Waals surface area contributed by atoms with Crippen molar-refractivity contribution in [2.24, 2.45) is 16.7 Å². The monoisotopic (exact) mass is 466 g/mol. The van der Waals surface area contributed by atoms with Gasteiger partial charge in [-0.2, -0.15) is 0 Å². The summed E-state index contributed by atoms with van der Waals surface area (Å²) in [6.07, 6.45) is 4.71. The lowest BCUT2D eigenvalue weighted by molar-refractivity contribution is -0.133. The van der Waals surface area contributed by atoms with Crippen molar-refractivity contribution in [3.8, 4) is 0 Å². The van der Waals surface area contributed by atoms with Gasteiger partial charge in [-0.05, 0) is 68.4 Å². The Bertz CT molecular complexity index is 698. The van der Waals surface area contributed by atoms with Gasteiger partial charge in [0.15, 0.2) is 16.6 Å². The second-order valence-corrected chi connectivity index (χ2v) is 23.3. The molecular formula is C26H50O3Si2. The Morgan fingerprint density at radius 3 is 1.90 bits per heavy atom. The molecule has 0 aromatic rings. The molecule has 0 saturated heterocycles. The van der Waals surface area contributed by atoms with Crippen LogP contribution in [0.15, 0.2) is 12.2 Å². The third-order valence-corrected chi connectivity index (χ3v) is 18.5. The number of fused-ring (bicyclic) bond motifs is 1. The summed E-state index contributed by atoms with van der Waals surface area (Å²) in [5.41, 5.74) is 0.684. The highest BCUT2D eigenvalue weighted by Gasteiger charge is 2.67. The summed E-state index contributed by atoms with van der Waals surface area (Å²) in [5, 5.41) is 0.302. The third kappa shape index (κ3) is 4.85. The third-order valence-electron chi connectivity index (χ3n) is 9.50. The van der Waals surface area contributed by atoms with Crippen LogP contribution in [0, 0.1) is 16.7 Å². The molecule has 2 aliphatic rings. The zero-order chi connectivity index (χ0) is 24.1. The van der Waals surface area contributed by atoms with Crippen LogP contribution in [0.25, 0.3) is 0 Å². The molecule has 0 unspecified atom stereocenters. The predicted octanol–water partition coefficient (Wildman–Crippen LogP) is 7.74. The molecule has 0 heterocycles. The van der Waals surface area contributed by atoms with Gasteiger partial charge in [0.25, 0.3) is 0 Å². The van der Waals surface area contributed by atoms with Gasteiger partial charge in [0, 0.05) is 25.0 Å². The Morgan fingerprint density at radius 2 is 1.45 bits per heavy atom. The Kier molecular flexibility index (Phi) is 7.42. The molecule has 0 aromatic heterocycles. The van der Waals surface area contributed by atoms with Crippen molar-refractivity contribution in [1.82, 2.24) is 0 Å². The highest BCUT2D eigenvalue weighted by Crippen LogP contribution is 2.66. The first kappa shape index (κ1) is 27.0. The Hall–Kier alpha value is -0.236. The van der Waals surface area contributed by atoms with Crippen LogP contribution in [0.4, 0.5) is 0 Å². The molecule has 2 rings (SSSR count). The van der Waals surface area contributed by atoms with Crippen molar-refractivity contribution in [3.63, 3.8) is 0 Å². The van der Waals surface area contributed by atoms with E-state index < -0.39 is 16.6 Å². The number of Topliss-reactive ketones (excluding diaryl/α,β-unsaturated/α-hetero) is 1. The highest BCUT2D eigenvalue weighted by atomic mass is 28.4. The zero-order valence-electron chi connectivity index (χ0n) is 22.5. The summed E-state index contributed by atoms with van der Waals surface area (Å²) in [6, 6.07) is 0. The summed E-state index contributed by atoms with van der Waals surface area (Å²) in [7, 11) is -3.86. The zero-order valence-corrected chi connectivity index (χ0v) is 24.5. The quantitative estimate of drug-likeness (QED) is 0.271. The average Bonchev–Trinajstić information content (AvgIpc) is 3.04. The summed E-state index contributed by atoms with van der Waals surface area (Å²) >= 11 is 0. The first-order valence-electron chi connectivity index (χ1n) is 12.3. The number of carbonyl (C=O) groups excluding carboxylic acids is 1. The maximum absolute atomic E-state index is 13.7. The molecule has 0 aromatic carbocycles. The van der Waals surface area contributed by atoms with Gasteiger partial charge in [0.05, 0.1) is 5.41 Å². The molecule has 31 heavy (non-hydrogen) atoms. The van der Waals surface area contributed by atoms with Crippen LogP contribution in [0.3, 0.4) is 0 Å². The lowest BCUT2D eigenvalue weighted by Gasteiger charge is -2.48. The van der Waals surface area contributed by atoms with Crippen molar-refractivity contribution >= 4 is 22.4 Å². The first-order chi connectivity index (χ1) is 13.8. The van der Waals surface area contributed by atoms with E-state index in [-0.39, 0.29) is 20.9 Å². The van der Waals surface area contributed by atoms with Gasteiger partial charge < -0.3 is 8.85 Å². The summed E-state index contributed by atoms with van der Waals surface area (Å²) < 4.78 is 13.7. The van der Waals surface area contributed by atoms with Crippen LogP contribution >= 0.6 is 0 Å². The van der Waals surface area contributed by atoms with Gasteiger partial charge in [-0.15, -0.1) is 6.58 Å². The van der Waals surface area contributed by atoms with Crippen LogP contribution in [0.1, 0.15) is 80.6 Å². The van der Waals surface area contributed by atoms with Crippen molar-refractivity contribution in [2.45, 2.75) is 117 Å². The van der Waals surface area contributed by atoms with Crippen molar-refractivity contribution in [2.75, 3.05) is 13.2 Å². The summed E-state index contributed by atoms with van der Waals surface area (Å²) in [6.45, 7) is 30.6. The fourth-order valence-corrected chi connectivity index (χ4v) is 7.27.